The van der Waals surface area contributed by atoms with Crippen molar-refractivity contribution in [2.24, 2.45) is 5.92 Å². The van der Waals surface area contributed by atoms with Crippen LogP contribution in [0.1, 0.15) is 67.2 Å². The molecule has 0 aliphatic carbocycles. The summed E-state index contributed by atoms with van der Waals surface area (Å²) in [5, 5.41) is 2.89. The summed E-state index contributed by atoms with van der Waals surface area (Å²) in [4.78, 5) is 26.7. The van der Waals surface area contributed by atoms with Crippen LogP contribution in [0.2, 0.25) is 0 Å². The maximum absolute atomic E-state index is 12.7. The van der Waals surface area contributed by atoms with Gasteiger partial charge in [-0.05, 0) is 55.9 Å². The molecular formula is C19H28N2O2. The molecule has 4 heteroatoms. The van der Waals surface area contributed by atoms with Crippen LogP contribution >= 0.6 is 0 Å². The smallest absolute Gasteiger partial charge is 0.254 e. The molecule has 1 heterocycles. The Morgan fingerprint density at radius 1 is 1.17 bits per heavy atom. The number of rotatable bonds is 5. The molecule has 23 heavy (non-hydrogen) atoms. The van der Waals surface area contributed by atoms with Crippen LogP contribution in [-0.4, -0.2) is 35.8 Å². The number of likely N-dealkylation sites (tertiary alicyclic amines) is 1. The number of carbonyl (C=O) groups is 2. The first-order valence-electron chi connectivity index (χ1n) is 8.72. The third-order valence-corrected chi connectivity index (χ3v) is 4.42. The van der Waals surface area contributed by atoms with Crippen LogP contribution in [0.4, 0.5) is 0 Å². The zero-order valence-corrected chi connectivity index (χ0v) is 14.5. The maximum Gasteiger partial charge on any atom is 0.254 e. The molecule has 1 saturated heterocycles. The van der Waals surface area contributed by atoms with Crippen LogP contribution in [-0.2, 0) is 0 Å². The van der Waals surface area contributed by atoms with Gasteiger partial charge < -0.3 is 10.2 Å². The van der Waals surface area contributed by atoms with Gasteiger partial charge in [-0.3, -0.25) is 9.59 Å². The Hall–Kier alpha value is -1.84. The van der Waals surface area contributed by atoms with Crippen LogP contribution in [0, 0.1) is 5.92 Å². The molecule has 2 rings (SSSR count). The van der Waals surface area contributed by atoms with Crippen molar-refractivity contribution < 1.29 is 9.59 Å². The van der Waals surface area contributed by atoms with Crippen molar-refractivity contribution in [1.29, 1.82) is 0 Å². The second kappa shape index (κ2) is 8.14. The lowest BCUT2D eigenvalue weighted by Crippen LogP contribution is -2.43. The van der Waals surface area contributed by atoms with Crippen molar-refractivity contribution in [2.75, 3.05) is 13.1 Å². The highest BCUT2D eigenvalue weighted by atomic mass is 16.2. The van der Waals surface area contributed by atoms with E-state index < -0.39 is 0 Å². The summed E-state index contributed by atoms with van der Waals surface area (Å²) in [6.45, 7) is 7.76. The van der Waals surface area contributed by atoms with E-state index in [1.165, 1.54) is 6.42 Å². The van der Waals surface area contributed by atoms with E-state index in [2.05, 4.69) is 26.1 Å². The minimum atomic E-state index is -0.0814. The molecule has 1 aromatic rings. The first kappa shape index (κ1) is 17.5. The van der Waals surface area contributed by atoms with Crippen LogP contribution in [0.15, 0.2) is 24.3 Å². The molecule has 2 amide bonds. The Bertz CT molecular complexity index is 537. The predicted octanol–water partition coefficient (Wildman–Crippen LogP) is 3.48. The summed E-state index contributed by atoms with van der Waals surface area (Å²) >= 11 is 0. The van der Waals surface area contributed by atoms with Gasteiger partial charge in [0.15, 0.2) is 0 Å². The SMILES string of the molecule is CCC1CCCCN1C(=O)c1ccc(C(=O)NCC(C)C)cc1. The number of nitrogens with zero attached hydrogens (tertiary/aromatic N) is 1. The number of hydrogen-bond acceptors (Lipinski definition) is 2. The number of carbonyl (C=O) groups excluding carboxylic acids is 2. The van der Waals surface area contributed by atoms with Gasteiger partial charge in [0.1, 0.15) is 0 Å². The predicted molar refractivity (Wildman–Crippen MR) is 92.6 cm³/mol. The molecule has 4 nitrogen and oxygen atoms in total. The highest BCUT2D eigenvalue weighted by molar-refractivity contribution is 5.98. The van der Waals surface area contributed by atoms with Gasteiger partial charge in [0.05, 0.1) is 0 Å². The van der Waals surface area contributed by atoms with Crippen molar-refractivity contribution in [3.63, 3.8) is 0 Å². The van der Waals surface area contributed by atoms with Crippen molar-refractivity contribution in [3.8, 4) is 0 Å². The fraction of sp³-hybridized carbons (Fsp3) is 0.579. The van der Waals surface area contributed by atoms with Gasteiger partial charge in [-0.15, -0.1) is 0 Å². The van der Waals surface area contributed by atoms with Gasteiger partial charge in [0.2, 0.25) is 0 Å². The average Bonchev–Trinajstić information content (AvgIpc) is 2.59. The molecule has 0 radical (unpaired) electrons. The monoisotopic (exact) mass is 316 g/mol. The third kappa shape index (κ3) is 4.57. The zero-order valence-electron chi connectivity index (χ0n) is 14.5. The van der Waals surface area contributed by atoms with Crippen LogP contribution in [0.25, 0.3) is 0 Å². The molecule has 0 aromatic heterocycles. The van der Waals surface area contributed by atoms with Gasteiger partial charge >= 0.3 is 0 Å². The second-order valence-electron chi connectivity index (χ2n) is 6.74. The zero-order chi connectivity index (χ0) is 16.8. The molecule has 0 spiro atoms. The van der Waals surface area contributed by atoms with Gasteiger partial charge in [0.25, 0.3) is 11.8 Å². The molecule has 1 fully saturated rings. The molecule has 1 atom stereocenters. The summed E-state index contributed by atoms with van der Waals surface area (Å²) in [6.07, 6.45) is 4.38. The van der Waals surface area contributed by atoms with E-state index >= 15 is 0 Å². The molecule has 1 unspecified atom stereocenters. The summed E-state index contributed by atoms with van der Waals surface area (Å²) < 4.78 is 0. The van der Waals surface area contributed by atoms with Gasteiger partial charge in [-0.25, -0.2) is 0 Å². The quantitative estimate of drug-likeness (QED) is 0.904. The van der Waals surface area contributed by atoms with E-state index in [-0.39, 0.29) is 11.8 Å². The van der Waals surface area contributed by atoms with E-state index in [1.807, 2.05) is 4.90 Å². The number of piperidine rings is 1. The lowest BCUT2D eigenvalue weighted by molar-refractivity contribution is 0.0607. The average molecular weight is 316 g/mol. The highest BCUT2D eigenvalue weighted by Gasteiger charge is 2.26. The Morgan fingerprint density at radius 2 is 1.83 bits per heavy atom. The maximum atomic E-state index is 12.7. The Labute approximate surface area is 139 Å². The van der Waals surface area contributed by atoms with Crippen LogP contribution in [0.3, 0.4) is 0 Å². The Kier molecular flexibility index (Phi) is 6.20. The molecule has 1 N–H and O–H groups in total. The Balaban J connectivity index is 2.03. The van der Waals surface area contributed by atoms with E-state index in [0.717, 1.165) is 25.8 Å². The minimum absolute atomic E-state index is 0.0814. The number of hydrogen-bond donors (Lipinski definition) is 1. The van der Waals surface area contributed by atoms with Crippen molar-refractivity contribution in [1.82, 2.24) is 10.2 Å². The van der Waals surface area contributed by atoms with Crippen molar-refractivity contribution in [2.45, 2.75) is 52.5 Å². The van der Waals surface area contributed by atoms with Crippen molar-refractivity contribution in [3.05, 3.63) is 35.4 Å². The van der Waals surface area contributed by atoms with Crippen LogP contribution < -0.4 is 5.32 Å². The van der Waals surface area contributed by atoms with E-state index in [0.29, 0.717) is 29.6 Å². The van der Waals surface area contributed by atoms with Gasteiger partial charge in [-0.1, -0.05) is 20.8 Å². The topological polar surface area (TPSA) is 49.4 Å². The molecule has 0 saturated carbocycles. The van der Waals surface area contributed by atoms with E-state index in [1.54, 1.807) is 24.3 Å². The summed E-state index contributed by atoms with van der Waals surface area (Å²) in [6, 6.07) is 7.38. The number of nitrogens with one attached hydrogen (secondary N) is 1. The standard InChI is InChI=1S/C19H28N2O2/c1-4-17-7-5-6-12-21(17)19(23)16-10-8-15(9-11-16)18(22)20-13-14(2)3/h8-11,14,17H,4-7,12-13H2,1-3H3,(H,20,22). The molecule has 1 aliphatic rings. The van der Waals surface area contributed by atoms with Crippen LogP contribution in [0.5, 0.6) is 0 Å². The molecular weight excluding hydrogens is 288 g/mol. The first-order chi connectivity index (χ1) is 11.0. The van der Waals surface area contributed by atoms with Crippen molar-refractivity contribution >= 4 is 11.8 Å². The van der Waals surface area contributed by atoms with E-state index in [9.17, 15) is 9.59 Å². The Morgan fingerprint density at radius 3 is 2.43 bits per heavy atom. The summed E-state index contributed by atoms with van der Waals surface area (Å²) in [7, 11) is 0. The third-order valence-electron chi connectivity index (χ3n) is 4.42. The second-order valence-corrected chi connectivity index (χ2v) is 6.74. The summed E-state index contributed by atoms with van der Waals surface area (Å²) in [5.74, 6) is 0.428. The molecule has 1 aromatic carbocycles. The summed E-state index contributed by atoms with van der Waals surface area (Å²) in [5.41, 5.74) is 1.28. The number of benzene rings is 1. The fourth-order valence-corrected chi connectivity index (χ4v) is 3.02. The first-order valence-corrected chi connectivity index (χ1v) is 8.72. The normalized spacial score (nSPS) is 18.1. The molecule has 1 aliphatic heterocycles. The largest absolute Gasteiger partial charge is 0.352 e. The lowest BCUT2D eigenvalue weighted by atomic mass is 9.98. The lowest BCUT2D eigenvalue weighted by Gasteiger charge is -2.35. The van der Waals surface area contributed by atoms with Gasteiger partial charge in [-0.2, -0.15) is 0 Å². The molecule has 0 bridgehead atoms. The fourth-order valence-electron chi connectivity index (χ4n) is 3.02. The van der Waals surface area contributed by atoms with Gasteiger partial charge in [0, 0.05) is 30.3 Å². The minimum Gasteiger partial charge on any atom is -0.352 e. The highest BCUT2D eigenvalue weighted by Crippen LogP contribution is 2.22. The number of amides is 2. The molecule has 126 valence electrons. The van der Waals surface area contributed by atoms with E-state index in [4.69, 9.17) is 0 Å².